The molecular weight excluding hydrogens is 374 g/mol. The highest BCUT2D eigenvalue weighted by molar-refractivity contribution is 7.80. The van der Waals surface area contributed by atoms with Crippen LogP contribution in [-0.4, -0.2) is 52.8 Å². The van der Waals surface area contributed by atoms with E-state index >= 15 is 0 Å². The molecule has 0 amide bonds. The number of hydrogen-bond donors (Lipinski definition) is 2. The van der Waals surface area contributed by atoms with Crippen molar-refractivity contribution in [3.05, 3.63) is 65.8 Å². The van der Waals surface area contributed by atoms with Gasteiger partial charge in [0.05, 0.1) is 17.8 Å². The molecule has 28 heavy (non-hydrogen) atoms. The molecule has 4 heterocycles. The van der Waals surface area contributed by atoms with Crippen molar-refractivity contribution in [3.63, 3.8) is 0 Å². The maximum atomic E-state index is 9.36. The Hall–Kier alpha value is -2.78. The summed E-state index contributed by atoms with van der Waals surface area (Å²) in [5.41, 5.74) is 4.26. The van der Waals surface area contributed by atoms with Gasteiger partial charge in [-0.15, -0.1) is 10.2 Å². The van der Waals surface area contributed by atoms with Crippen LogP contribution in [0.15, 0.2) is 43.1 Å². The molecule has 9 heteroatoms. The molecule has 3 aromatic rings. The molecule has 8 nitrogen and oxygen atoms in total. The molecule has 1 aliphatic rings. The van der Waals surface area contributed by atoms with E-state index in [1.807, 2.05) is 22.9 Å². The quantitative estimate of drug-likeness (QED) is 0.613. The van der Waals surface area contributed by atoms with Crippen molar-refractivity contribution in [1.82, 2.24) is 34.8 Å². The van der Waals surface area contributed by atoms with Gasteiger partial charge >= 0.3 is 0 Å². The Morgan fingerprint density at radius 1 is 1.21 bits per heavy atom. The number of aliphatic hydroxyl groups is 1. The Balaban J connectivity index is 1.81. The maximum absolute atomic E-state index is 9.36. The minimum Gasteiger partial charge on any atom is -0.396 e. The number of thiocarbonyl (C=S) groups is 1. The van der Waals surface area contributed by atoms with Gasteiger partial charge in [-0.25, -0.2) is 4.68 Å². The molecule has 1 saturated heterocycles. The molecule has 1 fully saturated rings. The third-order valence-electron chi connectivity index (χ3n) is 5.15. The van der Waals surface area contributed by atoms with Crippen LogP contribution < -0.4 is 5.32 Å². The SMILES string of the molecule is Cc1cc([C@@H]2[C@@H](c3ccccn3)NC(=S)N2CCCO)c(C)n1-n1cnnc1. The highest BCUT2D eigenvalue weighted by Gasteiger charge is 2.41. The maximum Gasteiger partial charge on any atom is 0.170 e. The number of pyridine rings is 1. The summed E-state index contributed by atoms with van der Waals surface area (Å²) < 4.78 is 3.94. The number of nitrogens with one attached hydrogen (secondary N) is 1. The minimum absolute atomic E-state index is 0.0228. The van der Waals surface area contributed by atoms with Crippen LogP contribution in [0.1, 0.15) is 41.1 Å². The fraction of sp³-hybridized carbons (Fsp3) is 0.368. The number of aromatic nitrogens is 5. The van der Waals surface area contributed by atoms with Gasteiger partial charge in [0.1, 0.15) is 12.7 Å². The predicted molar refractivity (Wildman–Crippen MR) is 109 cm³/mol. The van der Waals surface area contributed by atoms with E-state index in [2.05, 4.69) is 50.0 Å². The Morgan fingerprint density at radius 2 is 2.00 bits per heavy atom. The first kappa shape index (κ1) is 18.6. The molecule has 3 aromatic heterocycles. The topological polar surface area (TPSA) is 84.0 Å². The molecule has 0 saturated carbocycles. The Kier molecular flexibility index (Phi) is 5.10. The van der Waals surface area contributed by atoms with E-state index in [4.69, 9.17) is 12.2 Å². The first-order chi connectivity index (χ1) is 13.6. The number of hydrogen-bond acceptors (Lipinski definition) is 5. The number of rotatable bonds is 6. The summed E-state index contributed by atoms with van der Waals surface area (Å²) >= 11 is 5.64. The van der Waals surface area contributed by atoms with Crippen molar-refractivity contribution in [2.75, 3.05) is 13.2 Å². The van der Waals surface area contributed by atoms with Crippen LogP contribution in [0.2, 0.25) is 0 Å². The van der Waals surface area contributed by atoms with Gasteiger partial charge in [-0.3, -0.25) is 9.66 Å². The predicted octanol–water partition coefficient (Wildman–Crippen LogP) is 1.76. The molecule has 0 aliphatic carbocycles. The highest BCUT2D eigenvalue weighted by Crippen LogP contribution is 2.40. The second-order valence-corrected chi connectivity index (χ2v) is 7.26. The van der Waals surface area contributed by atoms with Crippen LogP contribution in [-0.2, 0) is 0 Å². The number of nitrogens with zero attached hydrogens (tertiary/aromatic N) is 6. The normalized spacial score (nSPS) is 19.2. The summed E-state index contributed by atoms with van der Waals surface area (Å²) in [6.45, 7) is 4.95. The molecule has 0 bridgehead atoms. The molecule has 2 atom stereocenters. The molecule has 4 rings (SSSR count). The Morgan fingerprint density at radius 3 is 2.68 bits per heavy atom. The molecule has 0 aromatic carbocycles. The number of aliphatic hydroxyl groups excluding tert-OH is 1. The summed E-state index contributed by atoms with van der Waals surface area (Å²) in [5.74, 6) is 0. The van der Waals surface area contributed by atoms with Crippen LogP contribution in [0, 0.1) is 13.8 Å². The van der Waals surface area contributed by atoms with Crippen molar-refractivity contribution in [3.8, 4) is 0 Å². The van der Waals surface area contributed by atoms with Crippen LogP contribution in [0.5, 0.6) is 0 Å². The molecule has 146 valence electrons. The van der Waals surface area contributed by atoms with Gasteiger partial charge in [-0.1, -0.05) is 6.07 Å². The summed E-state index contributed by atoms with van der Waals surface area (Å²) in [6, 6.07) is 8.00. The van der Waals surface area contributed by atoms with E-state index in [0.717, 1.165) is 22.6 Å². The molecule has 0 radical (unpaired) electrons. The van der Waals surface area contributed by atoms with Crippen LogP contribution >= 0.6 is 12.2 Å². The van der Waals surface area contributed by atoms with E-state index in [-0.39, 0.29) is 18.7 Å². The first-order valence-corrected chi connectivity index (χ1v) is 9.65. The van der Waals surface area contributed by atoms with E-state index in [9.17, 15) is 5.11 Å². The van der Waals surface area contributed by atoms with Crippen molar-refractivity contribution >= 4 is 17.3 Å². The fourth-order valence-electron chi connectivity index (χ4n) is 3.96. The lowest BCUT2D eigenvalue weighted by molar-refractivity contribution is 0.247. The molecular formula is C19H23N7OS. The Bertz CT molecular complexity index is 954. The summed E-state index contributed by atoms with van der Waals surface area (Å²) in [4.78, 5) is 6.72. The summed E-state index contributed by atoms with van der Waals surface area (Å²) in [5, 5.41) is 21.3. The smallest absolute Gasteiger partial charge is 0.170 e. The second-order valence-electron chi connectivity index (χ2n) is 6.88. The summed E-state index contributed by atoms with van der Waals surface area (Å²) in [7, 11) is 0. The molecule has 2 N–H and O–H groups in total. The molecule has 0 unspecified atom stereocenters. The largest absolute Gasteiger partial charge is 0.396 e. The highest BCUT2D eigenvalue weighted by atomic mass is 32.1. The third kappa shape index (κ3) is 3.16. The lowest BCUT2D eigenvalue weighted by Gasteiger charge is -2.28. The van der Waals surface area contributed by atoms with Gasteiger partial charge in [0, 0.05) is 36.3 Å². The van der Waals surface area contributed by atoms with Gasteiger partial charge in [0.15, 0.2) is 5.11 Å². The van der Waals surface area contributed by atoms with Gasteiger partial charge in [-0.05, 0) is 50.7 Å². The van der Waals surface area contributed by atoms with Gasteiger partial charge < -0.3 is 15.3 Å². The van der Waals surface area contributed by atoms with Gasteiger partial charge in [-0.2, -0.15) is 0 Å². The fourth-order valence-corrected chi connectivity index (χ4v) is 4.29. The van der Waals surface area contributed by atoms with Crippen LogP contribution in [0.3, 0.4) is 0 Å². The Labute approximate surface area is 168 Å². The van der Waals surface area contributed by atoms with Gasteiger partial charge in [0.25, 0.3) is 0 Å². The van der Waals surface area contributed by atoms with E-state index in [0.29, 0.717) is 18.1 Å². The summed E-state index contributed by atoms with van der Waals surface area (Å²) in [6.07, 6.45) is 5.81. The van der Waals surface area contributed by atoms with Crippen molar-refractivity contribution in [2.24, 2.45) is 0 Å². The van der Waals surface area contributed by atoms with Crippen molar-refractivity contribution in [2.45, 2.75) is 32.4 Å². The average Bonchev–Trinajstić information content (AvgIpc) is 3.39. The van der Waals surface area contributed by atoms with Crippen molar-refractivity contribution in [1.29, 1.82) is 0 Å². The lowest BCUT2D eigenvalue weighted by Crippen LogP contribution is -2.31. The standard InChI is InChI=1S/C19H23N7OS/c1-13-10-15(14(2)26(13)24-11-21-22-12-24)18-17(16-6-3-4-7-20-16)23-19(28)25(18)8-5-9-27/h3-4,6-7,10-12,17-18,27H,5,8-9H2,1-2H3,(H,23,28)/t17-,18-/m1/s1. The first-order valence-electron chi connectivity index (χ1n) is 9.25. The number of aryl methyl sites for hydroxylation is 1. The van der Waals surface area contributed by atoms with Crippen LogP contribution in [0.4, 0.5) is 0 Å². The minimum atomic E-state index is -0.0674. The van der Waals surface area contributed by atoms with E-state index in [1.165, 1.54) is 0 Å². The molecule has 0 spiro atoms. The average molecular weight is 398 g/mol. The van der Waals surface area contributed by atoms with E-state index < -0.39 is 0 Å². The lowest BCUT2D eigenvalue weighted by atomic mass is 9.96. The molecule has 1 aliphatic heterocycles. The third-order valence-corrected chi connectivity index (χ3v) is 5.50. The monoisotopic (exact) mass is 397 g/mol. The zero-order valence-corrected chi connectivity index (χ0v) is 16.7. The van der Waals surface area contributed by atoms with Crippen LogP contribution in [0.25, 0.3) is 0 Å². The zero-order valence-electron chi connectivity index (χ0n) is 15.9. The second kappa shape index (κ2) is 7.69. The van der Waals surface area contributed by atoms with Crippen molar-refractivity contribution < 1.29 is 5.11 Å². The van der Waals surface area contributed by atoms with E-state index in [1.54, 1.807) is 18.9 Å². The van der Waals surface area contributed by atoms with Gasteiger partial charge in [0.2, 0.25) is 0 Å². The zero-order chi connectivity index (χ0) is 19.7.